The molecular formula is C22H29N7O. The molecule has 1 aliphatic carbocycles. The molecule has 1 saturated heterocycles. The van der Waals surface area contributed by atoms with Gasteiger partial charge in [-0.25, -0.2) is 4.68 Å². The summed E-state index contributed by atoms with van der Waals surface area (Å²) in [7, 11) is 2.14. The van der Waals surface area contributed by atoms with E-state index in [9.17, 15) is 4.79 Å². The number of likely N-dealkylation sites (N-methyl/N-ethyl adjacent to an activating group) is 1. The molecule has 0 radical (unpaired) electrons. The zero-order chi connectivity index (χ0) is 20.7. The number of aromatic amines is 1. The number of piperazine rings is 1. The molecule has 1 aromatic carbocycles. The summed E-state index contributed by atoms with van der Waals surface area (Å²) < 4.78 is 1.99. The van der Waals surface area contributed by atoms with Gasteiger partial charge in [0.2, 0.25) is 0 Å². The van der Waals surface area contributed by atoms with Crippen LogP contribution in [0.15, 0.2) is 29.1 Å². The second-order valence-corrected chi connectivity index (χ2v) is 8.81. The van der Waals surface area contributed by atoms with Gasteiger partial charge < -0.3 is 9.88 Å². The topological polar surface area (TPSA) is 82.9 Å². The smallest absolute Gasteiger partial charge is 0.253 e. The van der Waals surface area contributed by atoms with Crippen molar-refractivity contribution in [2.45, 2.75) is 44.7 Å². The number of rotatable bonds is 4. The number of nitrogens with zero attached hydrogens (tertiary/aromatic N) is 6. The molecule has 8 nitrogen and oxygen atoms in total. The molecule has 2 fully saturated rings. The van der Waals surface area contributed by atoms with Crippen LogP contribution in [0.2, 0.25) is 0 Å². The van der Waals surface area contributed by atoms with Crippen LogP contribution in [0.1, 0.15) is 54.7 Å². The van der Waals surface area contributed by atoms with E-state index in [1.54, 1.807) is 0 Å². The van der Waals surface area contributed by atoms with Gasteiger partial charge in [0.15, 0.2) is 5.82 Å². The molecule has 30 heavy (non-hydrogen) atoms. The van der Waals surface area contributed by atoms with Gasteiger partial charge in [0, 0.05) is 37.3 Å². The zero-order valence-electron chi connectivity index (χ0n) is 17.7. The summed E-state index contributed by atoms with van der Waals surface area (Å²) in [4.78, 5) is 21.0. The number of nitrogens with one attached hydrogen (secondary N) is 1. The molecule has 1 saturated carbocycles. The molecule has 0 spiro atoms. The lowest BCUT2D eigenvalue weighted by Gasteiger charge is -2.37. The Balaban J connectivity index is 1.63. The molecule has 158 valence electrons. The van der Waals surface area contributed by atoms with E-state index in [1.807, 2.05) is 23.7 Å². The Morgan fingerprint density at radius 2 is 1.87 bits per heavy atom. The molecule has 1 aliphatic heterocycles. The highest BCUT2D eigenvalue weighted by molar-refractivity contribution is 5.79. The van der Waals surface area contributed by atoms with Crippen molar-refractivity contribution in [3.63, 3.8) is 0 Å². The number of fused-ring (bicyclic) bond motifs is 1. The number of pyridine rings is 1. The minimum Gasteiger partial charge on any atom is -0.322 e. The average molecular weight is 408 g/mol. The van der Waals surface area contributed by atoms with Gasteiger partial charge in [0.25, 0.3) is 5.56 Å². The van der Waals surface area contributed by atoms with Crippen molar-refractivity contribution in [3.05, 3.63) is 51.6 Å². The fourth-order valence-corrected chi connectivity index (χ4v) is 4.90. The van der Waals surface area contributed by atoms with E-state index in [-0.39, 0.29) is 11.6 Å². The SMILES string of the molecule is Cc1ccc2cc([C@H](c3nnnn3C3CCCC3)N3CCN(C)CC3)c(=O)[nH]c2c1. The second kappa shape index (κ2) is 7.92. The first-order valence-corrected chi connectivity index (χ1v) is 10.9. The third-order valence-corrected chi connectivity index (χ3v) is 6.66. The lowest BCUT2D eigenvalue weighted by Crippen LogP contribution is -2.47. The summed E-state index contributed by atoms with van der Waals surface area (Å²) >= 11 is 0. The number of hydrogen-bond acceptors (Lipinski definition) is 6. The summed E-state index contributed by atoms with van der Waals surface area (Å²) in [6, 6.07) is 8.29. The molecule has 3 aromatic rings. The summed E-state index contributed by atoms with van der Waals surface area (Å²) in [5, 5.41) is 13.9. The maximum absolute atomic E-state index is 13.3. The molecule has 2 aromatic heterocycles. The molecule has 8 heteroatoms. The van der Waals surface area contributed by atoms with Crippen LogP contribution in [0.5, 0.6) is 0 Å². The van der Waals surface area contributed by atoms with Crippen LogP contribution < -0.4 is 5.56 Å². The molecule has 5 rings (SSSR count). The standard InChI is InChI=1S/C22H29N7O/c1-15-7-8-16-14-18(22(30)23-19(16)13-15)20(28-11-9-27(2)10-12-28)21-24-25-26-29(21)17-5-3-4-6-17/h7-8,13-14,17,20H,3-6,9-12H2,1-2H3,(H,23,30)/t20-/m1/s1. The van der Waals surface area contributed by atoms with Crippen LogP contribution in [-0.2, 0) is 0 Å². The molecule has 1 atom stereocenters. The lowest BCUT2D eigenvalue weighted by molar-refractivity contribution is 0.120. The van der Waals surface area contributed by atoms with Crippen LogP contribution in [-0.4, -0.2) is 68.2 Å². The summed E-state index contributed by atoms with van der Waals surface area (Å²) in [5.74, 6) is 0.795. The highest BCUT2D eigenvalue weighted by Crippen LogP contribution is 2.34. The Hall–Kier alpha value is -2.58. The predicted octanol–water partition coefficient (Wildman–Crippen LogP) is 2.27. The van der Waals surface area contributed by atoms with Crippen molar-refractivity contribution in [3.8, 4) is 0 Å². The van der Waals surface area contributed by atoms with Crippen molar-refractivity contribution < 1.29 is 0 Å². The Kier molecular flexibility index (Phi) is 5.12. The third kappa shape index (κ3) is 3.54. The highest BCUT2D eigenvalue weighted by Gasteiger charge is 2.34. The number of aromatic nitrogens is 5. The molecule has 0 unspecified atom stereocenters. The molecule has 1 N–H and O–H groups in total. The first-order valence-electron chi connectivity index (χ1n) is 10.9. The lowest BCUT2D eigenvalue weighted by atomic mass is 10.0. The fraction of sp³-hybridized carbons (Fsp3) is 0.545. The first-order chi connectivity index (χ1) is 14.6. The summed E-state index contributed by atoms with van der Waals surface area (Å²) in [5.41, 5.74) is 2.67. The third-order valence-electron chi connectivity index (χ3n) is 6.66. The van der Waals surface area contributed by atoms with Crippen molar-refractivity contribution in [2.75, 3.05) is 33.2 Å². The van der Waals surface area contributed by atoms with Crippen LogP contribution in [0.3, 0.4) is 0 Å². The number of benzene rings is 1. The quantitative estimate of drug-likeness (QED) is 0.714. The number of aryl methyl sites for hydroxylation is 1. The van der Waals surface area contributed by atoms with E-state index in [2.05, 4.69) is 49.5 Å². The van der Waals surface area contributed by atoms with Gasteiger partial charge in [-0.05, 0) is 60.3 Å². The van der Waals surface area contributed by atoms with Gasteiger partial charge in [0.05, 0.1) is 6.04 Å². The fourth-order valence-electron chi connectivity index (χ4n) is 4.90. The molecule has 3 heterocycles. The van der Waals surface area contributed by atoms with Gasteiger partial charge in [-0.3, -0.25) is 9.69 Å². The van der Waals surface area contributed by atoms with Crippen molar-refractivity contribution >= 4 is 10.9 Å². The molecular weight excluding hydrogens is 378 g/mol. The van der Waals surface area contributed by atoms with Gasteiger partial charge in [-0.15, -0.1) is 5.10 Å². The van der Waals surface area contributed by atoms with Gasteiger partial charge in [-0.1, -0.05) is 25.0 Å². The van der Waals surface area contributed by atoms with Crippen LogP contribution in [0, 0.1) is 6.92 Å². The normalized spacial score (nSPS) is 20.2. The van der Waals surface area contributed by atoms with Crippen LogP contribution in [0.25, 0.3) is 10.9 Å². The first kappa shape index (κ1) is 19.4. The number of hydrogen-bond donors (Lipinski definition) is 1. The molecule has 0 amide bonds. The monoisotopic (exact) mass is 407 g/mol. The van der Waals surface area contributed by atoms with Crippen LogP contribution in [0.4, 0.5) is 0 Å². The Labute approximate surface area is 175 Å². The minimum atomic E-state index is -0.247. The Morgan fingerprint density at radius 1 is 1.10 bits per heavy atom. The maximum Gasteiger partial charge on any atom is 0.253 e. The second-order valence-electron chi connectivity index (χ2n) is 8.81. The van der Waals surface area contributed by atoms with Crippen molar-refractivity contribution in [1.82, 2.24) is 35.0 Å². The van der Waals surface area contributed by atoms with Gasteiger partial charge in [0.1, 0.15) is 6.04 Å². The average Bonchev–Trinajstić information content (AvgIpc) is 3.42. The van der Waals surface area contributed by atoms with E-state index in [1.165, 1.54) is 12.8 Å². The Bertz CT molecular complexity index is 1090. The van der Waals surface area contributed by atoms with E-state index in [0.717, 1.165) is 66.9 Å². The predicted molar refractivity (Wildman–Crippen MR) is 116 cm³/mol. The van der Waals surface area contributed by atoms with Crippen molar-refractivity contribution in [2.24, 2.45) is 0 Å². The van der Waals surface area contributed by atoms with Gasteiger partial charge in [-0.2, -0.15) is 0 Å². The van der Waals surface area contributed by atoms with E-state index >= 15 is 0 Å². The molecule has 0 bridgehead atoms. The zero-order valence-corrected chi connectivity index (χ0v) is 17.7. The van der Waals surface area contributed by atoms with E-state index in [4.69, 9.17) is 0 Å². The Morgan fingerprint density at radius 3 is 2.63 bits per heavy atom. The number of tetrazole rings is 1. The van der Waals surface area contributed by atoms with Gasteiger partial charge >= 0.3 is 0 Å². The van der Waals surface area contributed by atoms with Crippen molar-refractivity contribution in [1.29, 1.82) is 0 Å². The van der Waals surface area contributed by atoms with E-state index in [0.29, 0.717) is 6.04 Å². The van der Waals surface area contributed by atoms with E-state index < -0.39 is 0 Å². The highest BCUT2D eigenvalue weighted by atomic mass is 16.1. The minimum absolute atomic E-state index is 0.0574. The largest absolute Gasteiger partial charge is 0.322 e. The van der Waals surface area contributed by atoms with Crippen LogP contribution >= 0.6 is 0 Å². The number of H-pyrrole nitrogens is 1. The maximum atomic E-state index is 13.3. The molecule has 2 aliphatic rings. The summed E-state index contributed by atoms with van der Waals surface area (Å²) in [6.45, 7) is 5.72. The summed E-state index contributed by atoms with van der Waals surface area (Å²) in [6.07, 6.45) is 4.61.